The number of amides is 1. The van der Waals surface area contributed by atoms with Crippen LogP contribution < -0.4 is 5.32 Å². The Labute approximate surface area is 178 Å². The molecule has 7 heteroatoms. The minimum atomic E-state index is -3.94. The molecule has 1 heterocycles. The summed E-state index contributed by atoms with van der Waals surface area (Å²) in [5.74, 6) is -0.371. The summed E-state index contributed by atoms with van der Waals surface area (Å²) in [5, 5.41) is 2.85. The van der Waals surface area contributed by atoms with Crippen LogP contribution in [0.15, 0.2) is 82.2 Å². The van der Waals surface area contributed by atoms with Crippen molar-refractivity contribution >= 4 is 37.5 Å². The van der Waals surface area contributed by atoms with Gasteiger partial charge in [0, 0.05) is 10.2 Å². The molecule has 0 aliphatic carbocycles. The summed E-state index contributed by atoms with van der Waals surface area (Å²) >= 11 is 3.48. The number of nitrogens with one attached hydrogen (secondary N) is 1. The van der Waals surface area contributed by atoms with Gasteiger partial charge < -0.3 is 5.32 Å². The first-order valence-electron chi connectivity index (χ1n) is 9.09. The average Bonchev–Trinajstić information content (AvgIpc) is 2.85. The Morgan fingerprint density at radius 3 is 2.41 bits per heavy atom. The molecule has 5 nitrogen and oxygen atoms in total. The lowest BCUT2D eigenvalue weighted by molar-refractivity contribution is -0.116. The Morgan fingerprint density at radius 2 is 1.69 bits per heavy atom. The number of nitrogens with zero attached hydrogens (tertiary/aromatic N) is 1. The summed E-state index contributed by atoms with van der Waals surface area (Å²) in [4.78, 5) is 12.9. The van der Waals surface area contributed by atoms with Crippen LogP contribution in [0.1, 0.15) is 22.7 Å². The van der Waals surface area contributed by atoms with E-state index in [4.69, 9.17) is 0 Å². The zero-order chi connectivity index (χ0) is 20.6. The number of carbonyl (C=O) groups excluding carboxylic acids is 1. The molecule has 0 spiro atoms. The number of anilines is 1. The zero-order valence-electron chi connectivity index (χ0n) is 15.7. The van der Waals surface area contributed by atoms with Gasteiger partial charge in [0.2, 0.25) is 15.9 Å². The molecule has 1 aliphatic heterocycles. The average molecular weight is 471 g/mol. The van der Waals surface area contributed by atoms with Crippen LogP contribution in [-0.4, -0.2) is 25.2 Å². The molecule has 0 saturated heterocycles. The first-order valence-corrected chi connectivity index (χ1v) is 11.3. The molecule has 0 aromatic heterocycles. The first kappa shape index (κ1) is 19.8. The van der Waals surface area contributed by atoms with Crippen LogP contribution in [0.3, 0.4) is 0 Å². The minimum absolute atomic E-state index is 0.201. The molecular weight excluding hydrogens is 452 g/mol. The maximum Gasteiger partial charge on any atom is 0.244 e. The summed E-state index contributed by atoms with van der Waals surface area (Å²) in [6.45, 7) is 1.48. The van der Waals surface area contributed by atoms with Crippen molar-refractivity contribution in [2.45, 2.75) is 17.9 Å². The predicted octanol–water partition coefficient (Wildman–Crippen LogP) is 4.49. The van der Waals surface area contributed by atoms with Gasteiger partial charge in [-0.2, -0.15) is 4.31 Å². The lowest BCUT2D eigenvalue weighted by Gasteiger charge is -2.30. The van der Waals surface area contributed by atoms with Gasteiger partial charge in [0.05, 0.1) is 17.5 Å². The number of fused-ring (bicyclic) bond motifs is 1. The summed E-state index contributed by atoms with van der Waals surface area (Å²) in [6.07, 6.45) is 0. The molecule has 0 unspecified atom stereocenters. The normalized spacial score (nSPS) is 17.3. The fourth-order valence-electron chi connectivity index (χ4n) is 3.63. The molecule has 1 aliphatic rings. The van der Waals surface area contributed by atoms with Gasteiger partial charge in [0.15, 0.2) is 0 Å². The maximum absolute atomic E-state index is 13.7. The quantitative estimate of drug-likeness (QED) is 0.612. The molecule has 4 rings (SSSR count). The number of aryl methyl sites for hydroxylation is 1. The van der Waals surface area contributed by atoms with Crippen LogP contribution in [0.25, 0.3) is 0 Å². The Kier molecular flexibility index (Phi) is 5.29. The molecule has 0 saturated carbocycles. The summed E-state index contributed by atoms with van der Waals surface area (Å²) in [7, 11) is -3.94. The molecule has 1 atom stereocenters. The van der Waals surface area contributed by atoms with Crippen molar-refractivity contribution in [2.24, 2.45) is 0 Å². The van der Waals surface area contributed by atoms with E-state index in [-0.39, 0.29) is 17.3 Å². The minimum Gasteiger partial charge on any atom is -0.325 e. The second-order valence-corrected chi connectivity index (χ2v) is 9.68. The lowest BCUT2D eigenvalue weighted by Crippen LogP contribution is -2.39. The highest BCUT2D eigenvalue weighted by Gasteiger charge is 2.39. The second-order valence-electron chi connectivity index (χ2n) is 6.91. The van der Waals surface area contributed by atoms with Gasteiger partial charge in [0.25, 0.3) is 0 Å². The monoisotopic (exact) mass is 470 g/mol. The van der Waals surface area contributed by atoms with E-state index in [0.29, 0.717) is 16.8 Å². The molecule has 148 valence electrons. The van der Waals surface area contributed by atoms with E-state index in [1.807, 2.05) is 42.5 Å². The van der Waals surface area contributed by atoms with E-state index in [9.17, 15) is 13.2 Å². The maximum atomic E-state index is 13.7. The third-order valence-corrected chi connectivity index (χ3v) is 7.43. The van der Waals surface area contributed by atoms with Crippen LogP contribution in [0.4, 0.5) is 5.69 Å². The predicted molar refractivity (Wildman–Crippen MR) is 116 cm³/mol. The van der Waals surface area contributed by atoms with Crippen LogP contribution in [0.5, 0.6) is 0 Å². The third kappa shape index (κ3) is 3.73. The Hall–Kier alpha value is -2.48. The van der Waals surface area contributed by atoms with Gasteiger partial charge in [-0.3, -0.25) is 4.79 Å². The summed E-state index contributed by atoms with van der Waals surface area (Å²) in [5.41, 5.74) is 2.75. The van der Waals surface area contributed by atoms with Crippen molar-refractivity contribution in [2.75, 3.05) is 11.9 Å². The van der Waals surface area contributed by atoms with Crippen molar-refractivity contribution in [1.29, 1.82) is 0 Å². The van der Waals surface area contributed by atoms with Gasteiger partial charge >= 0.3 is 0 Å². The molecular formula is C22H19BrN2O3S. The highest BCUT2D eigenvalue weighted by atomic mass is 79.9. The molecule has 0 fully saturated rings. The van der Waals surface area contributed by atoms with Gasteiger partial charge in [-0.1, -0.05) is 64.5 Å². The standard InChI is InChI=1S/C22H19BrN2O3S/c1-15-7-5-6-10-20(15)29(27,28)25-14-21(26)24-19-12-11-17(23)13-18(19)22(25)16-8-3-2-4-9-16/h2-13,22H,14H2,1H3,(H,24,26)/t22-/m1/s1. The van der Waals surface area contributed by atoms with Gasteiger partial charge in [0.1, 0.15) is 0 Å². The number of sulfonamides is 1. The fourth-order valence-corrected chi connectivity index (χ4v) is 5.79. The van der Waals surface area contributed by atoms with Crippen molar-refractivity contribution in [1.82, 2.24) is 4.31 Å². The third-order valence-electron chi connectivity index (χ3n) is 4.97. The van der Waals surface area contributed by atoms with E-state index in [1.165, 1.54) is 4.31 Å². The van der Waals surface area contributed by atoms with Gasteiger partial charge in [-0.25, -0.2) is 8.42 Å². The Bertz CT molecular complexity index is 1180. The molecule has 3 aromatic carbocycles. The topological polar surface area (TPSA) is 66.5 Å². The molecule has 29 heavy (non-hydrogen) atoms. The van der Waals surface area contributed by atoms with Gasteiger partial charge in [-0.15, -0.1) is 0 Å². The number of halogens is 1. The summed E-state index contributed by atoms with van der Waals surface area (Å²) in [6, 6.07) is 21.0. The molecule has 1 amide bonds. The van der Waals surface area contributed by atoms with E-state index in [0.717, 1.165) is 10.0 Å². The molecule has 0 bridgehead atoms. The number of hydrogen-bond donors (Lipinski definition) is 1. The SMILES string of the molecule is Cc1ccccc1S(=O)(=O)N1CC(=O)Nc2ccc(Br)cc2[C@H]1c1ccccc1. The van der Waals surface area contributed by atoms with E-state index in [1.54, 1.807) is 37.3 Å². The highest BCUT2D eigenvalue weighted by Crippen LogP contribution is 2.40. The molecule has 3 aromatic rings. The van der Waals surface area contributed by atoms with Crippen LogP contribution in [0.2, 0.25) is 0 Å². The van der Waals surface area contributed by atoms with Crippen LogP contribution in [0, 0.1) is 6.92 Å². The largest absolute Gasteiger partial charge is 0.325 e. The summed E-state index contributed by atoms with van der Waals surface area (Å²) < 4.78 is 29.5. The molecule has 0 radical (unpaired) electrons. The second kappa shape index (κ2) is 7.74. The van der Waals surface area contributed by atoms with Gasteiger partial charge in [-0.05, 0) is 47.9 Å². The fraction of sp³-hybridized carbons (Fsp3) is 0.136. The lowest BCUT2D eigenvalue weighted by atomic mass is 9.97. The van der Waals surface area contributed by atoms with Crippen molar-refractivity contribution in [3.05, 3.63) is 94.0 Å². The van der Waals surface area contributed by atoms with Crippen molar-refractivity contribution in [3.63, 3.8) is 0 Å². The van der Waals surface area contributed by atoms with E-state index >= 15 is 0 Å². The smallest absolute Gasteiger partial charge is 0.244 e. The van der Waals surface area contributed by atoms with Crippen molar-refractivity contribution < 1.29 is 13.2 Å². The van der Waals surface area contributed by atoms with E-state index in [2.05, 4.69) is 21.2 Å². The molecule has 1 N–H and O–H groups in total. The number of rotatable bonds is 3. The Morgan fingerprint density at radius 1 is 1.00 bits per heavy atom. The van der Waals surface area contributed by atoms with Crippen LogP contribution in [-0.2, 0) is 14.8 Å². The first-order chi connectivity index (χ1) is 13.9. The number of benzene rings is 3. The zero-order valence-corrected chi connectivity index (χ0v) is 18.1. The number of carbonyl (C=O) groups is 1. The van der Waals surface area contributed by atoms with Crippen molar-refractivity contribution in [3.8, 4) is 0 Å². The highest BCUT2D eigenvalue weighted by molar-refractivity contribution is 9.10. The van der Waals surface area contributed by atoms with E-state index < -0.39 is 16.1 Å². The number of hydrogen-bond acceptors (Lipinski definition) is 3. The van der Waals surface area contributed by atoms with Crippen LogP contribution >= 0.6 is 15.9 Å². The Balaban J connectivity index is 1.98.